The molecule has 2 aromatic rings. The molecule has 0 fully saturated rings. The summed E-state index contributed by atoms with van der Waals surface area (Å²) < 4.78 is 0.742. The number of hydrogen-bond donors (Lipinski definition) is 0. The van der Waals surface area contributed by atoms with Crippen LogP contribution >= 0.6 is 67.1 Å². The molecule has 132 valence electrons. The van der Waals surface area contributed by atoms with E-state index >= 15 is 0 Å². The molecule has 2 unspecified atom stereocenters. The van der Waals surface area contributed by atoms with E-state index in [0.717, 1.165) is 0 Å². The summed E-state index contributed by atoms with van der Waals surface area (Å²) in [5, 5.41) is 10.0. The summed E-state index contributed by atoms with van der Waals surface area (Å²) in [6.45, 7) is 0. The second kappa shape index (κ2) is 6.46. The Morgan fingerprint density at radius 1 is 0.704 bits per heavy atom. The van der Waals surface area contributed by atoms with Crippen LogP contribution in [0.5, 0.6) is 0 Å². The van der Waals surface area contributed by atoms with Gasteiger partial charge in [-0.15, -0.1) is 23.5 Å². The molecule has 5 heteroatoms. The Bertz CT molecular complexity index is 1230. The Balaban J connectivity index is 1.53. The molecular formula is C22H12Br2S3. The highest BCUT2D eigenvalue weighted by Gasteiger charge is 2.26. The molecule has 2 aliphatic carbocycles. The summed E-state index contributed by atoms with van der Waals surface area (Å²) in [5.74, 6) is 0. The molecule has 2 atom stereocenters. The first kappa shape index (κ1) is 17.3. The van der Waals surface area contributed by atoms with Gasteiger partial charge in [0.1, 0.15) is 0 Å². The van der Waals surface area contributed by atoms with E-state index in [1.165, 1.54) is 53.0 Å². The zero-order valence-corrected chi connectivity index (χ0v) is 19.5. The lowest BCUT2D eigenvalue weighted by atomic mass is 10.1. The van der Waals surface area contributed by atoms with Crippen LogP contribution in [0.15, 0.2) is 68.2 Å². The fraction of sp³-hybridized carbons (Fsp3) is 0.0909. The first-order valence-electron chi connectivity index (χ1n) is 8.58. The van der Waals surface area contributed by atoms with Gasteiger partial charge >= 0.3 is 0 Å². The van der Waals surface area contributed by atoms with E-state index in [1.54, 1.807) is 0 Å². The molecule has 0 N–H and O–H groups in total. The fourth-order valence-electron chi connectivity index (χ4n) is 4.03. The summed E-state index contributed by atoms with van der Waals surface area (Å²) in [4.78, 5) is 2.67. The molecule has 2 aliphatic heterocycles. The standard InChI is InChI=1S/C22H12Br2S3/c23-21-19-11(9-25-21)7-15-13(19)3-1-5-17(15)27-18-6-2-4-14-16(18)8-12-10-26-22(24)20(12)14/h1-10,21-22H. The molecule has 0 amide bonds. The lowest BCUT2D eigenvalue weighted by Gasteiger charge is -2.06. The fourth-order valence-corrected chi connectivity index (χ4v) is 8.51. The number of thioether (sulfide) groups is 2. The highest BCUT2D eigenvalue weighted by atomic mass is 79.9. The highest BCUT2D eigenvalue weighted by molar-refractivity contribution is 9.11. The van der Waals surface area contributed by atoms with Crippen molar-refractivity contribution in [3.63, 3.8) is 0 Å². The van der Waals surface area contributed by atoms with E-state index in [2.05, 4.69) is 91.2 Å². The molecule has 0 aromatic heterocycles. The van der Waals surface area contributed by atoms with Crippen molar-refractivity contribution in [1.29, 1.82) is 0 Å². The molecule has 0 spiro atoms. The maximum atomic E-state index is 3.81. The van der Waals surface area contributed by atoms with Gasteiger partial charge in [0.15, 0.2) is 0 Å². The Morgan fingerprint density at radius 2 is 1.19 bits per heavy atom. The SMILES string of the molecule is BrC1SC=C2C=c3c(Sc4cccc5c4=CC4=CSC(Br)C=54)cccc3=C21. The summed E-state index contributed by atoms with van der Waals surface area (Å²) in [5.41, 5.74) is 5.58. The van der Waals surface area contributed by atoms with Gasteiger partial charge in [-0.05, 0) is 78.3 Å². The van der Waals surface area contributed by atoms with Crippen molar-refractivity contribution in [2.24, 2.45) is 0 Å². The molecule has 0 saturated carbocycles. The molecule has 6 rings (SSSR count). The van der Waals surface area contributed by atoms with E-state index in [4.69, 9.17) is 0 Å². The third-order valence-electron chi connectivity index (χ3n) is 5.24. The van der Waals surface area contributed by atoms with Crippen molar-refractivity contribution in [3.05, 3.63) is 79.2 Å². The van der Waals surface area contributed by atoms with Gasteiger partial charge in [0.05, 0.1) is 8.32 Å². The molecule has 2 heterocycles. The highest BCUT2D eigenvalue weighted by Crippen LogP contribution is 2.42. The maximum absolute atomic E-state index is 3.81. The first-order chi connectivity index (χ1) is 13.2. The largest absolute Gasteiger partial charge is 0.113 e. The average Bonchev–Trinajstić information content (AvgIpc) is 3.39. The number of rotatable bonds is 2. The van der Waals surface area contributed by atoms with Gasteiger partial charge in [-0.25, -0.2) is 0 Å². The van der Waals surface area contributed by atoms with Crippen molar-refractivity contribution >= 4 is 90.4 Å². The summed E-state index contributed by atoms with van der Waals surface area (Å²) in [6, 6.07) is 13.4. The van der Waals surface area contributed by atoms with Crippen LogP contribution in [0, 0.1) is 0 Å². The third-order valence-corrected chi connectivity index (χ3v) is 10.3. The zero-order chi connectivity index (χ0) is 18.1. The minimum atomic E-state index is 0.371. The summed E-state index contributed by atoms with van der Waals surface area (Å²) in [7, 11) is 0. The third kappa shape index (κ3) is 2.58. The van der Waals surface area contributed by atoms with Crippen LogP contribution in [0.1, 0.15) is 0 Å². The second-order valence-corrected chi connectivity index (χ2v) is 12.8. The molecule has 4 aliphatic rings. The van der Waals surface area contributed by atoms with E-state index in [1.807, 2.05) is 35.3 Å². The van der Waals surface area contributed by atoms with Crippen molar-refractivity contribution in [3.8, 4) is 0 Å². The summed E-state index contributed by atoms with van der Waals surface area (Å²) >= 11 is 13.2. The Labute approximate surface area is 186 Å². The molecule has 27 heavy (non-hydrogen) atoms. The van der Waals surface area contributed by atoms with Gasteiger partial charge < -0.3 is 0 Å². The number of alkyl halides is 2. The average molecular weight is 532 g/mol. The minimum absolute atomic E-state index is 0.371. The van der Waals surface area contributed by atoms with E-state index in [0.29, 0.717) is 8.32 Å². The lowest BCUT2D eigenvalue weighted by Crippen LogP contribution is -2.28. The van der Waals surface area contributed by atoms with Crippen LogP contribution < -0.4 is 20.9 Å². The predicted octanol–water partition coefficient (Wildman–Crippen LogP) is 4.43. The minimum Gasteiger partial charge on any atom is -0.113 e. The maximum Gasteiger partial charge on any atom is 0.0902 e. The van der Waals surface area contributed by atoms with Gasteiger partial charge in [-0.3, -0.25) is 0 Å². The monoisotopic (exact) mass is 530 g/mol. The number of halogens is 2. The van der Waals surface area contributed by atoms with E-state index in [9.17, 15) is 0 Å². The normalized spacial score (nSPS) is 23.9. The van der Waals surface area contributed by atoms with E-state index in [-0.39, 0.29) is 0 Å². The van der Waals surface area contributed by atoms with Crippen molar-refractivity contribution in [2.75, 3.05) is 0 Å². The number of allylic oxidation sites excluding steroid dienone is 2. The van der Waals surface area contributed by atoms with Gasteiger partial charge in [0.25, 0.3) is 0 Å². The molecule has 2 aromatic carbocycles. The van der Waals surface area contributed by atoms with Gasteiger partial charge in [0.2, 0.25) is 0 Å². The quantitative estimate of drug-likeness (QED) is 0.526. The molecule has 0 saturated heterocycles. The van der Waals surface area contributed by atoms with Crippen LogP contribution in [-0.4, -0.2) is 8.32 Å². The zero-order valence-electron chi connectivity index (χ0n) is 13.9. The van der Waals surface area contributed by atoms with Crippen LogP contribution in [0.4, 0.5) is 0 Å². The summed E-state index contributed by atoms with van der Waals surface area (Å²) in [6.07, 6.45) is 4.70. The number of hydrogen-bond acceptors (Lipinski definition) is 3. The smallest absolute Gasteiger partial charge is 0.0902 e. The number of benzene rings is 2. The van der Waals surface area contributed by atoms with Crippen molar-refractivity contribution < 1.29 is 0 Å². The van der Waals surface area contributed by atoms with Gasteiger partial charge in [-0.2, -0.15) is 0 Å². The Kier molecular flexibility index (Phi) is 4.14. The van der Waals surface area contributed by atoms with Gasteiger partial charge in [-0.1, -0.05) is 67.9 Å². The Morgan fingerprint density at radius 3 is 1.67 bits per heavy atom. The number of fused-ring (bicyclic) bond motifs is 4. The molecule has 0 bridgehead atoms. The van der Waals surface area contributed by atoms with Crippen LogP contribution in [0.3, 0.4) is 0 Å². The van der Waals surface area contributed by atoms with E-state index < -0.39 is 0 Å². The Hall–Kier alpha value is -0.590. The molecule has 0 radical (unpaired) electrons. The first-order valence-corrected chi connectivity index (χ1v) is 13.1. The second-order valence-electron chi connectivity index (χ2n) is 6.70. The van der Waals surface area contributed by atoms with Crippen molar-refractivity contribution in [1.82, 2.24) is 0 Å². The van der Waals surface area contributed by atoms with Crippen molar-refractivity contribution in [2.45, 2.75) is 18.1 Å². The molecule has 0 nitrogen and oxygen atoms in total. The lowest BCUT2D eigenvalue weighted by molar-refractivity contribution is 1.29. The topological polar surface area (TPSA) is 0 Å². The predicted molar refractivity (Wildman–Crippen MR) is 128 cm³/mol. The van der Waals surface area contributed by atoms with Crippen LogP contribution in [0.2, 0.25) is 0 Å². The van der Waals surface area contributed by atoms with Crippen LogP contribution in [0.25, 0.3) is 23.3 Å². The van der Waals surface area contributed by atoms with Crippen LogP contribution in [-0.2, 0) is 0 Å². The van der Waals surface area contributed by atoms with Gasteiger partial charge in [0, 0.05) is 9.79 Å². The molecular weight excluding hydrogens is 520 g/mol.